The van der Waals surface area contributed by atoms with E-state index in [1.807, 2.05) is 51.1 Å². The second-order valence-corrected chi connectivity index (χ2v) is 6.76. The van der Waals surface area contributed by atoms with E-state index in [-0.39, 0.29) is 11.6 Å². The molecule has 1 aromatic carbocycles. The van der Waals surface area contributed by atoms with Gasteiger partial charge in [0.2, 0.25) is 5.43 Å². The molecule has 0 saturated heterocycles. The number of amides is 1. The summed E-state index contributed by atoms with van der Waals surface area (Å²) in [5, 5.41) is 3.11. The molecule has 0 bridgehead atoms. The lowest BCUT2D eigenvalue weighted by Crippen LogP contribution is -2.32. The first-order valence-electron chi connectivity index (χ1n) is 9.43. The minimum atomic E-state index is -0.831. The smallest absolute Gasteiger partial charge is 0.344 e. The molecule has 0 aliphatic carbocycles. The maximum atomic E-state index is 12.7. The highest BCUT2D eigenvalue weighted by atomic mass is 16.5. The van der Waals surface area contributed by atoms with Crippen molar-refractivity contribution in [1.29, 1.82) is 0 Å². The van der Waals surface area contributed by atoms with E-state index >= 15 is 0 Å². The molecular formula is C22H23N3O4. The van der Waals surface area contributed by atoms with Crippen LogP contribution in [0.15, 0.2) is 53.5 Å². The van der Waals surface area contributed by atoms with Crippen LogP contribution >= 0.6 is 0 Å². The van der Waals surface area contributed by atoms with Gasteiger partial charge in [-0.15, -0.1) is 0 Å². The molecule has 150 valence electrons. The van der Waals surface area contributed by atoms with Crippen LogP contribution in [0.2, 0.25) is 0 Å². The van der Waals surface area contributed by atoms with Gasteiger partial charge in [0.15, 0.2) is 6.61 Å². The van der Waals surface area contributed by atoms with Gasteiger partial charge in [-0.2, -0.15) is 0 Å². The molecule has 0 saturated carbocycles. The van der Waals surface area contributed by atoms with Gasteiger partial charge in [0.1, 0.15) is 11.2 Å². The molecule has 0 radical (unpaired) electrons. The fourth-order valence-electron chi connectivity index (χ4n) is 3.06. The summed E-state index contributed by atoms with van der Waals surface area (Å²) >= 11 is 0. The van der Waals surface area contributed by atoms with Crippen molar-refractivity contribution < 1.29 is 14.3 Å². The zero-order valence-electron chi connectivity index (χ0n) is 16.6. The molecule has 2 heterocycles. The number of fused-ring (bicyclic) bond motifs is 1. The first-order valence-corrected chi connectivity index (χ1v) is 9.43. The van der Waals surface area contributed by atoms with Crippen molar-refractivity contribution in [3.05, 3.63) is 75.7 Å². The fraction of sp³-hybridized carbons (Fsp3) is 0.273. The molecular weight excluding hydrogens is 370 g/mol. The molecule has 2 aromatic heterocycles. The molecule has 3 aromatic rings. The van der Waals surface area contributed by atoms with Gasteiger partial charge in [0.25, 0.3) is 5.91 Å². The summed E-state index contributed by atoms with van der Waals surface area (Å²) in [6, 6.07) is 12.6. The Kier molecular flexibility index (Phi) is 6.07. The average molecular weight is 393 g/mol. The Morgan fingerprint density at radius 3 is 2.59 bits per heavy atom. The molecule has 1 amide bonds. The quantitative estimate of drug-likeness (QED) is 0.651. The predicted molar refractivity (Wildman–Crippen MR) is 110 cm³/mol. The Bertz CT molecular complexity index is 1110. The van der Waals surface area contributed by atoms with Crippen LogP contribution < -0.4 is 10.7 Å². The van der Waals surface area contributed by atoms with Crippen LogP contribution in [-0.2, 0) is 16.1 Å². The topological polar surface area (TPSA) is 90.3 Å². The number of rotatable bonds is 6. The zero-order valence-corrected chi connectivity index (χ0v) is 16.6. The molecule has 0 fully saturated rings. The van der Waals surface area contributed by atoms with E-state index in [4.69, 9.17) is 4.74 Å². The molecule has 3 rings (SSSR count). The highest BCUT2D eigenvalue weighted by Crippen LogP contribution is 2.12. The number of pyridine rings is 2. The Balaban J connectivity index is 1.73. The first-order chi connectivity index (χ1) is 13.9. The highest BCUT2D eigenvalue weighted by Gasteiger charge is 2.19. The maximum Gasteiger partial charge on any atom is 0.344 e. The monoisotopic (exact) mass is 393 g/mol. The normalized spacial score (nSPS) is 11.8. The largest absolute Gasteiger partial charge is 0.452 e. The second kappa shape index (κ2) is 8.68. The molecule has 1 N–H and O–H groups in total. The van der Waals surface area contributed by atoms with Crippen LogP contribution in [0.3, 0.4) is 0 Å². The number of aromatic nitrogens is 2. The number of carbonyl (C=O) groups excluding carboxylic acids is 2. The summed E-state index contributed by atoms with van der Waals surface area (Å²) in [5.41, 5.74) is 1.66. The highest BCUT2D eigenvalue weighted by molar-refractivity contribution is 5.94. The first kappa shape index (κ1) is 20.3. The van der Waals surface area contributed by atoms with Crippen molar-refractivity contribution in [1.82, 2.24) is 14.9 Å². The zero-order chi connectivity index (χ0) is 21.0. The molecule has 0 aliphatic heterocycles. The lowest BCUT2D eigenvalue weighted by Gasteiger charge is -2.14. The summed E-state index contributed by atoms with van der Waals surface area (Å²) in [5.74, 6) is -1.27. The second-order valence-electron chi connectivity index (χ2n) is 6.76. The standard InChI is InChI=1S/C22H23N3O4/c1-4-25-12-18(20(27)17-11-10-14(2)23-21(17)25)22(28)29-13-19(26)24-15(3)16-8-6-5-7-9-16/h5-12,15H,4,13H2,1-3H3,(H,24,26). The van der Waals surface area contributed by atoms with Crippen LogP contribution in [0.5, 0.6) is 0 Å². The van der Waals surface area contributed by atoms with Crippen molar-refractivity contribution >= 4 is 22.9 Å². The lowest BCUT2D eigenvalue weighted by atomic mass is 10.1. The Hall–Kier alpha value is -3.48. The molecule has 0 spiro atoms. The van der Waals surface area contributed by atoms with Gasteiger partial charge in [-0.25, -0.2) is 9.78 Å². The number of ether oxygens (including phenoxy) is 1. The Labute approximate surface area is 168 Å². The average Bonchev–Trinajstić information content (AvgIpc) is 2.73. The number of esters is 1. The Morgan fingerprint density at radius 1 is 1.17 bits per heavy atom. The summed E-state index contributed by atoms with van der Waals surface area (Å²) < 4.78 is 6.82. The minimum Gasteiger partial charge on any atom is -0.452 e. The molecule has 1 atom stereocenters. The third kappa shape index (κ3) is 4.51. The third-order valence-electron chi connectivity index (χ3n) is 4.63. The summed E-state index contributed by atoms with van der Waals surface area (Å²) in [6.07, 6.45) is 1.43. The Morgan fingerprint density at radius 2 is 1.90 bits per heavy atom. The van der Waals surface area contributed by atoms with Crippen LogP contribution in [0.1, 0.15) is 41.5 Å². The van der Waals surface area contributed by atoms with E-state index in [2.05, 4.69) is 10.3 Å². The van der Waals surface area contributed by atoms with Gasteiger partial charge in [0, 0.05) is 18.4 Å². The van der Waals surface area contributed by atoms with Crippen LogP contribution in [0, 0.1) is 6.92 Å². The van der Waals surface area contributed by atoms with E-state index in [9.17, 15) is 14.4 Å². The van der Waals surface area contributed by atoms with Gasteiger partial charge in [-0.3, -0.25) is 9.59 Å². The summed E-state index contributed by atoms with van der Waals surface area (Å²) in [4.78, 5) is 41.7. The maximum absolute atomic E-state index is 12.7. The molecule has 1 unspecified atom stereocenters. The summed E-state index contributed by atoms with van der Waals surface area (Å²) in [6.45, 7) is 5.63. The van der Waals surface area contributed by atoms with Gasteiger partial charge in [-0.05, 0) is 38.5 Å². The van der Waals surface area contributed by atoms with E-state index in [0.717, 1.165) is 11.3 Å². The SMILES string of the molecule is CCn1cc(C(=O)OCC(=O)NC(C)c2ccccc2)c(=O)c2ccc(C)nc21. The number of nitrogens with one attached hydrogen (secondary N) is 1. The lowest BCUT2D eigenvalue weighted by molar-refractivity contribution is -0.124. The van der Waals surface area contributed by atoms with Crippen molar-refractivity contribution in [2.45, 2.75) is 33.4 Å². The van der Waals surface area contributed by atoms with E-state index < -0.39 is 23.9 Å². The van der Waals surface area contributed by atoms with Crippen molar-refractivity contribution in [2.75, 3.05) is 6.61 Å². The van der Waals surface area contributed by atoms with E-state index in [1.165, 1.54) is 6.20 Å². The van der Waals surface area contributed by atoms with Crippen LogP contribution in [0.4, 0.5) is 0 Å². The van der Waals surface area contributed by atoms with Gasteiger partial charge in [-0.1, -0.05) is 30.3 Å². The van der Waals surface area contributed by atoms with Gasteiger partial charge < -0.3 is 14.6 Å². The van der Waals surface area contributed by atoms with Gasteiger partial charge >= 0.3 is 5.97 Å². The number of carbonyl (C=O) groups is 2. The van der Waals surface area contributed by atoms with Crippen LogP contribution in [-0.4, -0.2) is 28.0 Å². The number of benzene rings is 1. The van der Waals surface area contributed by atoms with Crippen molar-refractivity contribution in [3.8, 4) is 0 Å². The predicted octanol–water partition coefficient (Wildman–Crippen LogP) is 2.76. The number of hydrogen-bond donors (Lipinski definition) is 1. The third-order valence-corrected chi connectivity index (χ3v) is 4.63. The molecule has 7 nitrogen and oxygen atoms in total. The number of hydrogen-bond acceptors (Lipinski definition) is 5. The minimum absolute atomic E-state index is 0.117. The molecule has 0 aliphatic rings. The number of nitrogens with zero attached hydrogens (tertiary/aromatic N) is 2. The van der Waals surface area contributed by atoms with Gasteiger partial charge in [0.05, 0.1) is 11.4 Å². The van der Waals surface area contributed by atoms with E-state index in [1.54, 1.807) is 16.7 Å². The molecule has 29 heavy (non-hydrogen) atoms. The van der Waals surface area contributed by atoms with Crippen molar-refractivity contribution in [3.63, 3.8) is 0 Å². The summed E-state index contributed by atoms with van der Waals surface area (Å²) in [7, 11) is 0. The molecule has 7 heteroatoms. The van der Waals surface area contributed by atoms with Crippen molar-refractivity contribution in [2.24, 2.45) is 0 Å². The van der Waals surface area contributed by atoms with E-state index in [0.29, 0.717) is 17.6 Å². The number of aryl methyl sites for hydroxylation is 2. The van der Waals surface area contributed by atoms with Crippen LogP contribution in [0.25, 0.3) is 11.0 Å². The fourth-order valence-corrected chi connectivity index (χ4v) is 3.06.